The van der Waals surface area contributed by atoms with Crippen LogP contribution in [0.1, 0.15) is 21.6 Å². The molecule has 106 valence electrons. The molecule has 4 N–H and O–H groups in total. The van der Waals surface area contributed by atoms with Gasteiger partial charge in [-0.05, 0) is 23.3 Å². The molecular weight excluding hydrogens is 262 g/mol. The van der Waals surface area contributed by atoms with Crippen LogP contribution >= 0.6 is 0 Å². The Balaban J connectivity index is 1.74. The number of hydrogen-bond donors (Lipinski definition) is 3. The van der Waals surface area contributed by atoms with E-state index in [1.807, 2.05) is 54.6 Å². The molecule has 0 spiro atoms. The molecule has 0 aliphatic heterocycles. The van der Waals surface area contributed by atoms with E-state index in [2.05, 4.69) is 10.3 Å². The van der Waals surface area contributed by atoms with Gasteiger partial charge < -0.3 is 16.0 Å². The first-order valence-corrected chi connectivity index (χ1v) is 6.91. The summed E-state index contributed by atoms with van der Waals surface area (Å²) in [5.74, 6) is -0.113. The summed E-state index contributed by atoms with van der Waals surface area (Å²) < 4.78 is 0. The van der Waals surface area contributed by atoms with Crippen molar-refractivity contribution < 1.29 is 4.79 Å². The Labute approximate surface area is 123 Å². The van der Waals surface area contributed by atoms with Crippen LogP contribution in [0.2, 0.25) is 0 Å². The van der Waals surface area contributed by atoms with Gasteiger partial charge in [-0.15, -0.1) is 0 Å². The van der Waals surface area contributed by atoms with Gasteiger partial charge in [-0.3, -0.25) is 4.79 Å². The van der Waals surface area contributed by atoms with Gasteiger partial charge in [-0.1, -0.05) is 42.5 Å². The fourth-order valence-electron chi connectivity index (χ4n) is 2.40. The molecule has 0 atom stereocenters. The van der Waals surface area contributed by atoms with Gasteiger partial charge in [-0.25, -0.2) is 0 Å². The predicted molar refractivity (Wildman–Crippen MR) is 83.8 cm³/mol. The number of hydrogen-bond acceptors (Lipinski definition) is 2. The van der Waals surface area contributed by atoms with Crippen LogP contribution in [0, 0.1) is 0 Å². The topological polar surface area (TPSA) is 70.9 Å². The number of H-pyrrole nitrogens is 1. The van der Waals surface area contributed by atoms with Gasteiger partial charge in [0.2, 0.25) is 0 Å². The summed E-state index contributed by atoms with van der Waals surface area (Å²) in [6.45, 7) is 0.944. The van der Waals surface area contributed by atoms with E-state index in [9.17, 15) is 4.79 Å². The van der Waals surface area contributed by atoms with Crippen molar-refractivity contribution in [3.63, 3.8) is 0 Å². The number of carbonyl (C=O) groups excluding carboxylic acids is 1. The third kappa shape index (κ3) is 2.80. The van der Waals surface area contributed by atoms with E-state index in [0.29, 0.717) is 18.8 Å². The number of para-hydroxylation sites is 1. The number of aromatic nitrogens is 1. The molecule has 1 heterocycles. The van der Waals surface area contributed by atoms with Gasteiger partial charge >= 0.3 is 0 Å². The fraction of sp³-hybridized carbons (Fsp3) is 0.118. The molecule has 4 heteroatoms. The highest BCUT2D eigenvalue weighted by atomic mass is 16.1. The van der Waals surface area contributed by atoms with Crippen molar-refractivity contribution in [2.75, 3.05) is 0 Å². The van der Waals surface area contributed by atoms with Gasteiger partial charge in [0.25, 0.3) is 5.91 Å². The monoisotopic (exact) mass is 279 g/mol. The molecule has 21 heavy (non-hydrogen) atoms. The summed E-state index contributed by atoms with van der Waals surface area (Å²) in [5, 5.41) is 3.96. The van der Waals surface area contributed by atoms with Gasteiger partial charge in [-0.2, -0.15) is 0 Å². The number of nitrogens with two attached hydrogens (primary N) is 1. The van der Waals surface area contributed by atoms with E-state index in [1.165, 1.54) is 0 Å². The first-order chi connectivity index (χ1) is 10.3. The zero-order valence-electron chi connectivity index (χ0n) is 11.6. The van der Waals surface area contributed by atoms with E-state index in [-0.39, 0.29) is 5.91 Å². The molecule has 3 rings (SSSR count). The SMILES string of the molecule is NCc1ccccc1CNC(=O)c1cc2ccccc2[nH]1. The quantitative estimate of drug-likeness (QED) is 0.687. The minimum absolute atomic E-state index is 0.113. The largest absolute Gasteiger partial charge is 0.351 e. The molecule has 0 aliphatic rings. The molecule has 0 radical (unpaired) electrons. The van der Waals surface area contributed by atoms with Gasteiger partial charge in [0.05, 0.1) is 0 Å². The van der Waals surface area contributed by atoms with Crippen molar-refractivity contribution in [1.82, 2.24) is 10.3 Å². The van der Waals surface area contributed by atoms with Gasteiger partial charge in [0.15, 0.2) is 0 Å². The zero-order chi connectivity index (χ0) is 14.7. The first-order valence-electron chi connectivity index (χ1n) is 6.91. The molecule has 0 aliphatic carbocycles. The molecule has 3 aromatic rings. The minimum Gasteiger partial charge on any atom is -0.351 e. The van der Waals surface area contributed by atoms with Crippen LogP contribution in [0.25, 0.3) is 10.9 Å². The van der Waals surface area contributed by atoms with Crippen molar-refractivity contribution in [3.8, 4) is 0 Å². The summed E-state index contributed by atoms with van der Waals surface area (Å²) in [6, 6.07) is 17.5. The molecule has 0 saturated heterocycles. The second-order valence-electron chi connectivity index (χ2n) is 4.93. The third-order valence-corrected chi connectivity index (χ3v) is 3.55. The fourth-order valence-corrected chi connectivity index (χ4v) is 2.40. The molecule has 0 unspecified atom stereocenters. The number of amides is 1. The average molecular weight is 279 g/mol. The van der Waals surface area contributed by atoms with Crippen LogP contribution in [-0.4, -0.2) is 10.9 Å². The Bertz CT molecular complexity index is 743. The van der Waals surface area contributed by atoms with Crippen LogP contribution < -0.4 is 11.1 Å². The summed E-state index contributed by atoms with van der Waals surface area (Å²) in [6.07, 6.45) is 0. The normalized spacial score (nSPS) is 10.7. The Hall–Kier alpha value is -2.59. The van der Waals surface area contributed by atoms with Crippen molar-refractivity contribution in [3.05, 3.63) is 71.4 Å². The van der Waals surface area contributed by atoms with Crippen molar-refractivity contribution in [2.24, 2.45) is 5.73 Å². The molecule has 2 aromatic carbocycles. The first kappa shape index (κ1) is 13.4. The smallest absolute Gasteiger partial charge is 0.267 e. The van der Waals surface area contributed by atoms with E-state index in [0.717, 1.165) is 22.0 Å². The standard InChI is InChI=1S/C17H17N3O/c18-10-13-6-1-2-7-14(13)11-19-17(21)16-9-12-5-3-4-8-15(12)20-16/h1-9,20H,10-11,18H2,(H,19,21). The van der Waals surface area contributed by atoms with E-state index in [1.54, 1.807) is 0 Å². The van der Waals surface area contributed by atoms with E-state index >= 15 is 0 Å². The number of carbonyl (C=O) groups is 1. The molecular formula is C17H17N3O. The van der Waals surface area contributed by atoms with Crippen LogP contribution in [0.5, 0.6) is 0 Å². The Morgan fingerprint density at radius 1 is 1.05 bits per heavy atom. The Morgan fingerprint density at radius 2 is 1.76 bits per heavy atom. The summed E-state index contributed by atoms with van der Waals surface area (Å²) in [4.78, 5) is 15.3. The number of rotatable bonds is 4. The maximum absolute atomic E-state index is 12.2. The van der Waals surface area contributed by atoms with Crippen LogP contribution in [0.4, 0.5) is 0 Å². The molecule has 0 fully saturated rings. The maximum Gasteiger partial charge on any atom is 0.267 e. The molecule has 1 aromatic heterocycles. The van der Waals surface area contributed by atoms with Crippen LogP contribution in [0.3, 0.4) is 0 Å². The lowest BCUT2D eigenvalue weighted by Gasteiger charge is -2.08. The highest BCUT2D eigenvalue weighted by Gasteiger charge is 2.09. The van der Waals surface area contributed by atoms with Gasteiger partial charge in [0.1, 0.15) is 5.69 Å². The molecule has 0 bridgehead atoms. The second kappa shape index (κ2) is 5.81. The summed E-state index contributed by atoms with van der Waals surface area (Å²) in [5.41, 5.74) is 9.33. The number of aromatic amines is 1. The number of benzene rings is 2. The lowest BCUT2D eigenvalue weighted by Crippen LogP contribution is -2.24. The van der Waals surface area contributed by atoms with Crippen LogP contribution in [-0.2, 0) is 13.1 Å². The molecule has 1 amide bonds. The second-order valence-corrected chi connectivity index (χ2v) is 4.93. The van der Waals surface area contributed by atoms with Crippen molar-refractivity contribution in [2.45, 2.75) is 13.1 Å². The summed E-state index contributed by atoms with van der Waals surface area (Å²) in [7, 11) is 0. The number of fused-ring (bicyclic) bond motifs is 1. The highest BCUT2D eigenvalue weighted by molar-refractivity contribution is 5.97. The Kier molecular flexibility index (Phi) is 3.71. The Morgan fingerprint density at radius 3 is 2.52 bits per heavy atom. The molecule has 0 saturated carbocycles. The summed E-state index contributed by atoms with van der Waals surface area (Å²) >= 11 is 0. The predicted octanol–water partition coefficient (Wildman–Crippen LogP) is 2.56. The van der Waals surface area contributed by atoms with Gasteiger partial charge in [0, 0.05) is 24.0 Å². The maximum atomic E-state index is 12.2. The van der Waals surface area contributed by atoms with Crippen LogP contribution in [0.15, 0.2) is 54.6 Å². The highest BCUT2D eigenvalue weighted by Crippen LogP contribution is 2.15. The lowest BCUT2D eigenvalue weighted by molar-refractivity contribution is 0.0946. The molecule has 4 nitrogen and oxygen atoms in total. The van der Waals surface area contributed by atoms with E-state index < -0.39 is 0 Å². The van der Waals surface area contributed by atoms with E-state index in [4.69, 9.17) is 5.73 Å². The minimum atomic E-state index is -0.113. The average Bonchev–Trinajstić information content (AvgIpc) is 2.97. The van der Waals surface area contributed by atoms with Crippen molar-refractivity contribution in [1.29, 1.82) is 0 Å². The zero-order valence-corrected chi connectivity index (χ0v) is 11.6. The van der Waals surface area contributed by atoms with Crippen molar-refractivity contribution >= 4 is 16.8 Å². The number of nitrogens with one attached hydrogen (secondary N) is 2. The third-order valence-electron chi connectivity index (χ3n) is 3.55. The lowest BCUT2D eigenvalue weighted by atomic mass is 10.1.